The number of hydrogen-bond donors (Lipinski definition) is 0. The van der Waals surface area contributed by atoms with Crippen molar-refractivity contribution in [1.82, 2.24) is 9.97 Å². The van der Waals surface area contributed by atoms with E-state index in [1.54, 1.807) is 17.4 Å². The first-order chi connectivity index (χ1) is 18.9. The van der Waals surface area contributed by atoms with Crippen LogP contribution in [-0.2, 0) is 20.1 Å². The largest absolute Gasteiger partial charge is 0.501 e. The van der Waals surface area contributed by atoms with Crippen molar-refractivity contribution in [3.05, 3.63) is 120 Å². The third-order valence-corrected chi connectivity index (χ3v) is 6.51. The van der Waals surface area contributed by atoms with Crippen molar-refractivity contribution in [2.45, 2.75) is 6.92 Å². The average molecular weight is 665 g/mol. The van der Waals surface area contributed by atoms with E-state index >= 15 is 0 Å². The van der Waals surface area contributed by atoms with E-state index in [4.69, 9.17) is 9.90 Å². The normalized spacial score (nSPS) is 12.2. The topological polar surface area (TPSA) is 38.9 Å². The van der Waals surface area contributed by atoms with Crippen molar-refractivity contribution < 1.29 is 30.0 Å². The van der Waals surface area contributed by atoms with E-state index in [1.165, 1.54) is 5.56 Å². The summed E-state index contributed by atoms with van der Waals surface area (Å²) < 4.78 is 38.8. The van der Waals surface area contributed by atoms with Crippen LogP contribution in [0.1, 0.15) is 11.0 Å². The number of hydrogen-bond acceptors (Lipinski definition) is 4. The maximum Gasteiger partial charge on any atom is 0.121 e. The van der Waals surface area contributed by atoms with Gasteiger partial charge in [0.25, 0.3) is 0 Å². The van der Waals surface area contributed by atoms with E-state index in [2.05, 4.69) is 34.2 Å². The van der Waals surface area contributed by atoms with Gasteiger partial charge in [0.2, 0.25) is 0 Å². The van der Waals surface area contributed by atoms with Gasteiger partial charge in [0, 0.05) is 47.9 Å². The Bertz CT molecular complexity index is 1970. The molecule has 36 heavy (non-hydrogen) atoms. The molecule has 0 saturated heterocycles. The number of rotatable bonds is 2. The van der Waals surface area contributed by atoms with Gasteiger partial charge in [-0.2, -0.15) is 0 Å². The predicted octanol–water partition coefficient (Wildman–Crippen LogP) is 8.52. The maximum atomic E-state index is 8.17. The fourth-order valence-corrected chi connectivity index (χ4v) is 4.78. The number of benzene rings is 3. The van der Waals surface area contributed by atoms with Gasteiger partial charge in [-0.15, -0.1) is 65.4 Å². The Morgan fingerprint density at radius 1 is 0.889 bits per heavy atom. The van der Waals surface area contributed by atoms with Crippen LogP contribution in [0.25, 0.3) is 54.5 Å². The number of thiophene rings is 1. The molecular formula is C31H20IrN2OS-2. The van der Waals surface area contributed by atoms with Crippen LogP contribution < -0.4 is 0 Å². The maximum absolute atomic E-state index is 8.17. The van der Waals surface area contributed by atoms with Gasteiger partial charge in [-0.1, -0.05) is 35.2 Å². The second-order valence-electron chi connectivity index (χ2n) is 7.91. The van der Waals surface area contributed by atoms with Crippen molar-refractivity contribution >= 4 is 43.4 Å². The Labute approximate surface area is 232 Å². The van der Waals surface area contributed by atoms with Crippen LogP contribution in [0.2, 0.25) is 0 Å². The van der Waals surface area contributed by atoms with E-state index in [0.717, 1.165) is 37.7 Å². The molecule has 7 rings (SSSR count). The Hall–Kier alpha value is -3.63. The molecule has 0 fully saturated rings. The van der Waals surface area contributed by atoms with Gasteiger partial charge in [0.15, 0.2) is 0 Å². The molecule has 4 heterocycles. The first kappa shape index (κ1) is 19.5. The van der Waals surface area contributed by atoms with E-state index in [9.17, 15) is 0 Å². The molecule has 0 bridgehead atoms. The molecule has 0 atom stereocenters. The fraction of sp³-hybridized carbons (Fsp3) is 0.0323. The number of fused-ring (bicyclic) bond motifs is 5. The summed E-state index contributed by atoms with van der Waals surface area (Å²) in [5, 5.41) is 5.02. The van der Waals surface area contributed by atoms with Crippen LogP contribution in [0.4, 0.5) is 0 Å². The van der Waals surface area contributed by atoms with Crippen molar-refractivity contribution in [3.8, 4) is 22.5 Å². The average Bonchev–Trinajstić information content (AvgIpc) is 3.59. The summed E-state index contributed by atoms with van der Waals surface area (Å²) in [7, 11) is 0. The smallest absolute Gasteiger partial charge is 0.121 e. The molecule has 0 amide bonds. The fourth-order valence-electron chi connectivity index (χ4n) is 3.99. The molecule has 3 nitrogen and oxygen atoms in total. The SMILES string of the molecule is Cc1ccc(-c2[c-]cccc2)nc1.[2H]c1nc(-c2[c-]ccc3c2oc2ccc4sccc4c23)c([2H])c([2H])c1[2H].[Ir]. The van der Waals surface area contributed by atoms with E-state index in [1.807, 2.05) is 67.0 Å². The zero-order valence-corrected chi connectivity index (χ0v) is 22.3. The summed E-state index contributed by atoms with van der Waals surface area (Å²) in [5.41, 5.74) is 5.04. The Balaban J connectivity index is 0.000000195. The summed E-state index contributed by atoms with van der Waals surface area (Å²) in [6, 6.07) is 26.9. The third kappa shape index (κ3) is 4.61. The molecular weight excluding hydrogens is 641 g/mol. The standard InChI is InChI=1S/C19H10NOS.C12H10N.Ir/c1-2-10-20-15(6-1)12-4-3-5-14-18-13-9-11-22-17(13)8-7-16(18)21-19(12)14;1-10-7-8-12(13-9-10)11-5-3-2-4-6-11;/h1-3,5-11H;2-5,7-9H,1H3;/q2*-1;/i1D,2D,6D,10D;;. The van der Waals surface area contributed by atoms with Crippen LogP contribution in [0.5, 0.6) is 0 Å². The molecule has 0 aliphatic heterocycles. The molecule has 0 aliphatic rings. The Morgan fingerprint density at radius 3 is 2.67 bits per heavy atom. The molecule has 0 unspecified atom stereocenters. The number of nitrogens with zero attached hydrogens (tertiary/aromatic N) is 2. The minimum Gasteiger partial charge on any atom is -0.501 e. The summed E-state index contributed by atoms with van der Waals surface area (Å²) in [5.74, 6) is 0. The van der Waals surface area contributed by atoms with Gasteiger partial charge in [-0.3, -0.25) is 0 Å². The first-order valence-electron chi connectivity index (χ1n) is 13.0. The quantitative estimate of drug-likeness (QED) is 0.174. The monoisotopic (exact) mass is 665 g/mol. The molecule has 5 heteroatoms. The third-order valence-electron chi connectivity index (χ3n) is 5.63. The van der Waals surface area contributed by atoms with E-state index < -0.39 is 0 Å². The molecule has 0 aliphatic carbocycles. The van der Waals surface area contributed by atoms with Crippen molar-refractivity contribution in [2.75, 3.05) is 0 Å². The second kappa shape index (κ2) is 10.5. The van der Waals surface area contributed by atoms with Gasteiger partial charge in [0.1, 0.15) is 5.58 Å². The molecule has 0 N–H and O–H groups in total. The number of aromatic nitrogens is 2. The zero-order valence-electron chi connectivity index (χ0n) is 23.0. The van der Waals surface area contributed by atoms with Gasteiger partial charge in [0.05, 0.1) is 11.1 Å². The van der Waals surface area contributed by atoms with Gasteiger partial charge >= 0.3 is 0 Å². The van der Waals surface area contributed by atoms with Crippen LogP contribution in [0.15, 0.2) is 107 Å². The number of pyridine rings is 2. The molecule has 177 valence electrons. The molecule has 7 aromatic rings. The number of furan rings is 1. The molecule has 0 saturated carbocycles. The summed E-state index contributed by atoms with van der Waals surface area (Å²) in [4.78, 5) is 8.38. The van der Waals surface area contributed by atoms with Gasteiger partial charge in [-0.05, 0) is 53.5 Å². The van der Waals surface area contributed by atoms with Crippen molar-refractivity contribution in [3.63, 3.8) is 0 Å². The van der Waals surface area contributed by atoms with Gasteiger partial charge < -0.3 is 14.4 Å². The van der Waals surface area contributed by atoms with E-state index in [0.29, 0.717) is 11.1 Å². The molecule has 0 spiro atoms. The Kier molecular flexibility index (Phi) is 5.73. The zero-order chi connectivity index (χ0) is 27.1. The number of aryl methyl sites for hydroxylation is 1. The van der Waals surface area contributed by atoms with E-state index in [-0.39, 0.29) is 50.1 Å². The minimum absolute atomic E-state index is 0. The molecule has 4 aromatic heterocycles. The first-order valence-corrected chi connectivity index (χ1v) is 11.9. The van der Waals surface area contributed by atoms with Crippen LogP contribution in [0.3, 0.4) is 0 Å². The van der Waals surface area contributed by atoms with Gasteiger partial charge in [-0.25, -0.2) is 0 Å². The van der Waals surface area contributed by atoms with Crippen molar-refractivity contribution in [1.29, 1.82) is 0 Å². The van der Waals surface area contributed by atoms with Crippen LogP contribution >= 0.6 is 11.3 Å². The summed E-state index contributed by atoms with van der Waals surface area (Å²) in [6.07, 6.45) is 1.54. The molecule has 3 aromatic carbocycles. The summed E-state index contributed by atoms with van der Waals surface area (Å²) >= 11 is 1.66. The Morgan fingerprint density at radius 2 is 1.83 bits per heavy atom. The summed E-state index contributed by atoms with van der Waals surface area (Å²) in [6.45, 7) is 2.03. The van der Waals surface area contributed by atoms with Crippen LogP contribution in [-0.4, -0.2) is 9.97 Å². The van der Waals surface area contributed by atoms with Crippen molar-refractivity contribution in [2.24, 2.45) is 0 Å². The predicted molar refractivity (Wildman–Crippen MR) is 144 cm³/mol. The second-order valence-corrected chi connectivity index (χ2v) is 8.86. The van der Waals surface area contributed by atoms with Crippen LogP contribution in [0, 0.1) is 19.1 Å². The minimum atomic E-state index is -0.351. The molecule has 1 radical (unpaired) electrons.